The molecule has 2 aliphatic rings. The van der Waals surface area contributed by atoms with Gasteiger partial charge in [-0.15, -0.1) is 0 Å². The van der Waals surface area contributed by atoms with Gasteiger partial charge in [0, 0.05) is 10.0 Å². The Kier molecular flexibility index (Phi) is 3.75. The van der Waals surface area contributed by atoms with Gasteiger partial charge in [0.1, 0.15) is 13.2 Å². The molecular formula is C14H16BrNO3. The predicted octanol–water partition coefficient (Wildman–Crippen LogP) is 2.55. The van der Waals surface area contributed by atoms with Crippen LogP contribution in [0.2, 0.25) is 0 Å². The second kappa shape index (κ2) is 5.51. The minimum atomic E-state index is -0.0763. The summed E-state index contributed by atoms with van der Waals surface area (Å²) in [6, 6.07) is 3.54. The Morgan fingerprint density at radius 2 is 1.95 bits per heavy atom. The van der Waals surface area contributed by atoms with E-state index in [0.717, 1.165) is 30.3 Å². The summed E-state index contributed by atoms with van der Waals surface area (Å²) in [4.78, 5) is 12.5. The molecule has 102 valence electrons. The molecule has 0 aromatic heterocycles. The second-order valence-electron chi connectivity index (χ2n) is 4.84. The number of piperidine rings is 1. The number of hydrogen-bond donors (Lipinski definition) is 1. The first-order valence-electron chi connectivity index (χ1n) is 6.62. The van der Waals surface area contributed by atoms with Gasteiger partial charge in [-0.1, -0.05) is 6.42 Å². The summed E-state index contributed by atoms with van der Waals surface area (Å²) in [5, 5.41) is 3.28. The number of rotatable bonds is 2. The highest BCUT2D eigenvalue weighted by molar-refractivity contribution is 9.10. The molecule has 2 heterocycles. The average molecular weight is 326 g/mol. The van der Waals surface area contributed by atoms with E-state index in [9.17, 15) is 4.79 Å². The lowest BCUT2D eigenvalue weighted by Crippen LogP contribution is -2.40. The molecule has 19 heavy (non-hydrogen) atoms. The van der Waals surface area contributed by atoms with E-state index in [1.54, 1.807) is 6.07 Å². The molecule has 1 saturated heterocycles. The number of hydrogen-bond acceptors (Lipinski definition) is 4. The molecular weight excluding hydrogens is 310 g/mol. The highest BCUT2D eigenvalue weighted by atomic mass is 79.9. The van der Waals surface area contributed by atoms with E-state index in [1.807, 2.05) is 6.07 Å². The Labute approximate surface area is 120 Å². The van der Waals surface area contributed by atoms with Crippen molar-refractivity contribution >= 4 is 21.7 Å². The van der Waals surface area contributed by atoms with Crippen LogP contribution >= 0.6 is 15.9 Å². The van der Waals surface area contributed by atoms with Gasteiger partial charge in [-0.2, -0.15) is 0 Å². The van der Waals surface area contributed by atoms with Gasteiger partial charge in [0.2, 0.25) is 0 Å². The minimum Gasteiger partial charge on any atom is -0.486 e. The molecule has 2 aliphatic heterocycles. The minimum absolute atomic E-state index is 0.0763. The number of halogens is 1. The SMILES string of the molecule is O=C(c1cc2c(cc1Br)OCCO2)C1CCCCN1. The van der Waals surface area contributed by atoms with Gasteiger partial charge in [-0.05, 0) is 47.4 Å². The van der Waals surface area contributed by atoms with Crippen LogP contribution < -0.4 is 14.8 Å². The van der Waals surface area contributed by atoms with Crippen LogP contribution in [0.3, 0.4) is 0 Å². The molecule has 1 unspecified atom stereocenters. The molecule has 3 rings (SSSR count). The smallest absolute Gasteiger partial charge is 0.181 e. The van der Waals surface area contributed by atoms with Crippen molar-refractivity contribution in [2.75, 3.05) is 19.8 Å². The van der Waals surface area contributed by atoms with Crippen molar-refractivity contribution < 1.29 is 14.3 Å². The third-order valence-electron chi connectivity index (χ3n) is 3.52. The van der Waals surface area contributed by atoms with Gasteiger partial charge in [-0.3, -0.25) is 4.79 Å². The van der Waals surface area contributed by atoms with Crippen LogP contribution in [0.1, 0.15) is 29.6 Å². The summed E-state index contributed by atoms with van der Waals surface area (Å²) < 4.78 is 11.8. The number of carbonyl (C=O) groups excluding carboxylic acids is 1. The molecule has 0 radical (unpaired) electrons. The summed E-state index contributed by atoms with van der Waals surface area (Å²) >= 11 is 3.46. The van der Waals surface area contributed by atoms with E-state index in [-0.39, 0.29) is 11.8 Å². The Balaban J connectivity index is 1.89. The van der Waals surface area contributed by atoms with Crippen molar-refractivity contribution in [3.8, 4) is 11.5 Å². The third kappa shape index (κ3) is 2.62. The van der Waals surface area contributed by atoms with E-state index in [2.05, 4.69) is 21.2 Å². The third-order valence-corrected chi connectivity index (χ3v) is 4.18. The lowest BCUT2D eigenvalue weighted by Gasteiger charge is -2.24. The number of benzene rings is 1. The monoisotopic (exact) mass is 325 g/mol. The zero-order chi connectivity index (χ0) is 13.2. The molecule has 1 N–H and O–H groups in total. The van der Waals surface area contributed by atoms with Crippen molar-refractivity contribution in [3.05, 3.63) is 22.2 Å². The summed E-state index contributed by atoms with van der Waals surface area (Å²) in [5.74, 6) is 1.49. The standard InChI is InChI=1S/C14H16BrNO3/c15-10-8-13-12(18-5-6-19-13)7-9(10)14(17)11-3-1-2-4-16-11/h7-8,11,16H,1-6H2. The number of carbonyl (C=O) groups is 1. The fourth-order valence-electron chi connectivity index (χ4n) is 2.52. The number of nitrogens with one attached hydrogen (secondary N) is 1. The fraction of sp³-hybridized carbons (Fsp3) is 0.500. The number of fused-ring (bicyclic) bond motifs is 1. The Hall–Kier alpha value is -1.07. The van der Waals surface area contributed by atoms with Crippen molar-refractivity contribution in [1.82, 2.24) is 5.32 Å². The topological polar surface area (TPSA) is 47.6 Å². The number of ketones is 1. The van der Waals surface area contributed by atoms with Gasteiger partial charge in [0.05, 0.1) is 6.04 Å². The average Bonchev–Trinajstić information content (AvgIpc) is 2.47. The zero-order valence-corrected chi connectivity index (χ0v) is 12.2. The van der Waals surface area contributed by atoms with E-state index in [1.165, 1.54) is 0 Å². The normalized spacial score (nSPS) is 22.1. The maximum absolute atomic E-state index is 12.5. The molecule has 1 fully saturated rings. The number of ether oxygens (including phenoxy) is 2. The van der Waals surface area contributed by atoms with Gasteiger partial charge in [0.25, 0.3) is 0 Å². The van der Waals surface area contributed by atoms with Crippen molar-refractivity contribution in [1.29, 1.82) is 0 Å². The molecule has 0 aliphatic carbocycles. The molecule has 1 aromatic rings. The highest BCUT2D eigenvalue weighted by Crippen LogP contribution is 2.36. The van der Waals surface area contributed by atoms with Gasteiger partial charge < -0.3 is 14.8 Å². The Bertz CT molecular complexity index is 498. The van der Waals surface area contributed by atoms with Gasteiger partial charge in [-0.25, -0.2) is 0 Å². The molecule has 4 nitrogen and oxygen atoms in total. The molecule has 5 heteroatoms. The summed E-state index contributed by atoms with van der Waals surface area (Å²) in [7, 11) is 0. The molecule has 1 atom stereocenters. The summed E-state index contributed by atoms with van der Waals surface area (Å²) in [6.45, 7) is 2.00. The van der Waals surface area contributed by atoms with Crippen molar-refractivity contribution in [3.63, 3.8) is 0 Å². The molecule has 0 spiro atoms. The lowest BCUT2D eigenvalue weighted by atomic mass is 9.96. The number of Topliss-reactive ketones (excluding diaryl/α,β-unsaturated/α-hetero) is 1. The highest BCUT2D eigenvalue weighted by Gasteiger charge is 2.25. The van der Waals surface area contributed by atoms with Crippen LogP contribution in [0.5, 0.6) is 11.5 Å². The maximum atomic E-state index is 12.5. The van der Waals surface area contributed by atoms with Gasteiger partial charge in [0.15, 0.2) is 17.3 Å². The van der Waals surface area contributed by atoms with Crippen LogP contribution in [0, 0.1) is 0 Å². The quantitative estimate of drug-likeness (QED) is 0.849. The lowest BCUT2D eigenvalue weighted by molar-refractivity contribution is 0.0925. The first-order valence-corrected chi connectivity index (χ1v) is 7.42. The Morgan fingerprint density at radius 1 is 1.21 bits per heavy atom. The first-order chi connectivity index (χ1) is 9.25. The maximum Gasteiger partial charge on any atom is 0.181 e. The fourth-order valence-corrected chi connectivity index (χ4v) is 3.03. The molecule has 0 amide bonds. The van der Waals surface area contributed by atoms with Crippen LogP contribution in [-0.2, 0) is 0 Å². The largest absolute Gasteiger partial charge is 0.486 e. The van der Waals surface area contributed by atoms with Crippen LogP contribution in [0.25, 0.3) is 0 Å². The first kappa shape index (κ1) is 12.9. The van der Waals surface area contributed by atoms with Crippen molar-refractivity contribution in [2.24, 2.45) is 0 Å². The summed E-state index contributed by atoms with van der Waals surface area (Å²) in [5.41, 5.74) is 0.670. The molecule has 0 saturated carbocycles. The molecule has 0 bridgehead atoms. The zero-order valence-electron chi connectivity index (χ0n) is 10.6. The van der Waals surface area contributed by atoms with Crippen LogP contribution in [0.15, 0.2) is 16.6 Å². The van der Waals surface area contributed by atoms with E-state index in [4.69, 9.17) is 9.47 Å². The molecule has 1 aromatic carbocycles. The summed E-state index contributed by atoms with van der Waals surface area (Å²) in [6.07, 6.45) is 3.15. The van der Waals surface area contributed by atoms with E-state index < -0.39 is 0 Å². The van der Waals surface area contributed by atoms with Crippen LogP contribution in [0.4, 0.5) is 0 Å². The second-order valence-corrected chi connectivity index (χ2v) is 5.70. The Morgan fingerprint density at radius 3 is 2.63 bits per heavy atom. The van der Waals surface area contributed by atoms with E-state index in [0.29, 0.717) is 30.3 Å². The predicted molar refractivity (Wildman–Crippen MR) is 75.1 cm³/mol. The van der Waals surface area contributed by atoms with E-state index >= 15 is 0 Å². The van der Waals surface area contributed by atoms with Crippen LogP contribution in [-0.4, -0.2) is 31.6 Å². The van der Waals surface area contributed by atoms with Crippen molar-refractivity contribution in [2.45, 2.75) is 25.3 Å². The van der Waals surface area contributed by atoms with Gasteiger partial charge >= 0.3 is 0 Å².